The molecule has 1 heterocycles. The van der Waals surface area contributed by atoms with Gasteiger partial charge in [-0.05, 0) is 68.6 Å². The molecule has 0 aliphatic carbocycles. The lowest BCUT2D eigenvalue weighted by molar-refractivity contribution is -0.122. The lowest BCUT2D eigenvalue weighted by Gasteiger charge is -2.16. The van der Waals surface area contributed by atoms with Crippen molar-refractivity contribution in [1.82, 2.24) is 10.6 Å². The van der Waals surface area contributed by atoms with Crippen LogP contribution in [0.25, 0.3) is 0 Å². The molecule has 0 saturated carbocycles. The van der Waals surface area contributed by atoms with E-state index >= 15 is 0 Å². The molecule has 2 aromatic carbocycles. The number of para-hydroxylation sites is 1. The van der Waals surface area contributed by atoms with Crippen LogP contribution in [0, 0.1) is 5.92 Å². The lowest BCUT2D eigenvalue weighted by Crippen LogP contribution is -2.27. The fourth-order valence-corrected chi connectivity index (χ4v) is 3.14. The summed E-state index contributed by atoms with van der Waals surface area (Å²) in [5.74, 6) is 2.39. The van der Waals surface area contributed by atoms with Crippen molar-refractivity contribution in [2.24, 2.45) is 5.92 Å². The molecule has 0 aromatic heterocycles. The van der Waals surface area contributed by atoms with Gasteiger partial charge in [0.05, 0.1) is 6.04 Å². The highest BCUT2D eigenvalue weighted by molar-refractivity contribution is 5.76. The third-order valence-electron chi connectivity index (χ3n) is 4.68. The molecule has 0 spiro atoms. The number of amides is 1. The number of benzene rings is 2. The second-order valence-electron chi connectivity index (χ2n) is 6.67. The zero-order valence-corrected chi connectivity index (χ0v) is 14.7. The van der Waals surface area contributed by atoms with Crippen molar-refractivity contribution < 1.29 is 9.53 Å². The van der Waals surface area contributed by atoms with Gasteiger partial charge in [0.15, 0.2) is 0 Å². The first-order valence-electron chi connectivity index (χ1n) is 9.03. The summed E-state index contributed by atoms with van der Waals surface area (Å²) in [6, 6.07) is 17.6. The minimum atomic E-state index is -0.0000201. The molecule has 2 aromatic rings. The van der Waals surface area contributed by atoms with Crippen LogP contribution in [0.4, 0.5) is 0 Å². The Morgan fingerprint density at radius 1 is 1.16 bits per heavy atom. The largest absolute Gasteiger partial charge is 0.457 e. The van der Waals surface area contributed by atoms with Gasteiger partial charge in [0.2, 0.25) is 5.91 Å². The maximum atomic E-state index is 12.1. The Morgan fingerprint density at radius 2 is 1.88 bits per heavy atom. The summed E-state index contributed by atoms with van der Waals surface area (Å²) in [4.78, 5) is 12.1. The molecule has 1 aliphatic rings. The van der Waals surface area contributed by atoms with E-state index in [2.05, 4.69) is 10.6 Å². The molecular formula is C21H26N2O2. The van der Waals surface area contributed by atoms with Crippen LogP contribution >= 0.6 is 0 Å². The van der Waals surface area contributed by atoms with E-state index in [1.165, 1.54) is 6.42 Å². The quantitative estimate of drug-likeness (QED) is 0.801. The van der Waals surface area contributed by atoms with E-state index < -0.39 is 0 Å². The summed E-state index contributed by atoms with van der Waals surface area (Å²) in [5.41, 5.74) is 1.08. The minimum absolute atomic E-state index is 0.0000201. The summed E-state index contributed by atoms with van der Waals surface area (Å²) in [7, 11) is 0. The molecule has 0 bridgehead atoms. The monoisotopic (exact) mass is 338 g/mol. The highest BCUT2D eigenvalue weighted by Gasteiger charge is 2.16. The number of ether oxygens (including phenoxy) is 1. The van der Waals surface area contributed by atoms with Gasteiger partial charge in [-0.3, -0.25) is 4.79 Å². The first-order chi connectivity index (χ1) is 12.2. The molecule has 25 heavy (non-hydrogen) atoms. The topological polar surface area (TPSA) is 50.4 Å². The first-order valence-corrected chi connectivity index (χ1v) is 9.03. The van der Waals surface area contributed by atoms with Crippen LogP contribution in [0.3, 0.4) is 0 Å². The molecular weight excluding hydrogens is 312 g/mol. The predicted molar refractivity (Wildman–Crippen MR) is 99.7 cm³/mol. The van der Waals surface area contributed by atoms with Gasteiger partial charge in [-0.15, -0.1) is 0 Å². The third kappa shape index (κ3) is 5.33. The summed E-state index contributed by atoms with van der Waals surface area (Å²) in [6.45, 7) is 4.15. The lowest BCUT2D eigenvalue weighted by atomic mass is 10.0. The van der Waals surface area contributed by atoms with E-state index in [1.54, 1.807) is 0 Å². The maximum Gasteiger partial charge on any atom is 0.220 e. The van der Waals surface area contributed by atoms with E-state index in [4.69, 9.17) is 4.74 Å². The molecule has 1 fully saturated rings. The van der Waals surface area contributed by atoms with Crippen LogP contribution in [0.5, 0.6) is 11.5 Å². The van der Waals surface area contributed by atoms with Gasteiger partial charge in [0, 0.05) is 6.42 Å². The molecule has 1 aliphatic heterocycles. The van der Waals surface area contributed by atoms with Crippen molar-refractivity contribution >= 4 is 5.91 Å². The van der Waals surface area contributed by atoms with Gasteiger partial charge >= 0.3 is 0 Å². The van der Waals surface area contributed by atoms with Gasteiger partial charge < -0.3 is 15.4 Å². The normalized spacial score (nSPS) is 17.9. The van der Waals surface area contributed by atoms with Crippen molar-refractivity contribution in [1.29, 1.82) is 0 Å². The molecule has 132 valence electrons. The average molecular weight is 338 g/mol. The fraction of sp³-hybridized carbons (Fsp3) is 0.381. The van der Waals surface area contributed by atoms with Gasteiger partial charge in [-0.2, -0.15) is 0 Å². The van der Waals surface area contributed by atoms with E-state index in [9.17, 15) is 4.79 Å². The van der Waals surface area contributed by atoms with E-state index in [1.807, 2.05) is 61.5 Å². The van der Waals surface area contributed by atoms with Crippen molar-refractivity contribution in [3.05, 3.63) is 60.2 Å². The molecule has 2 N–H and O–H groups in total. The number of hydrogen-bond donors (Lipinski definition) is 2. The zero-order chi connectivity index (χ0) is 17.5. The molecule has 2 atom stereocenters. The van der Waals surface area contributed by atoms with Crippen molar-refractivity contribution in [3.8, 4) is 11.5 Å². The fourth-order valence-electron chi connectivity index (χ4n) is 3.14. The third-order valence-corrected chi connectivity index (χ3v) is 4.68. The van der Waals surface area contributed by atoms with Crippen molar-refractivity contribution in [3.63, 3.8) is 0 Å². The Hall–Kier alpha value is -2.33. The molecule has 3 rings (SSSR count). The average Bonchev–Trinajstić information content (AvgIpc) is 3.15. The second-order valence-corrected chi connectivity index (χ2v) is 6.67. The van der Waals surface area contributed by atoms with Crippen LogP contribution in [0.15, 0.2) is 54.6 Å². The van der Waals surface area contributed by atoms with E-state index in [-0.39, 0.29) is 11.9 Å². The number of rotatable bonds is 7. The predicted octanol–water partition coefficient (Wildman–Crippen LogP) is 4.05. The Bertz CT molecular complexity index is 664. The molecule has 1 saturated heterocycles. The Kier molecular flexibility index (Phi) is 6.07. The number of carbonyl (C=O) groups is 1. The van der Waals surface area contributed by atoms with Crippen LogP contribution in [-0.2, 0) is 4.79 Å². The Morgan fingerprint density at radius 3 is 2.56 bits per heavy atom. The SMILES string of the molecule is CC(NC(=O)CCC1CCNC1)c1ccc(Oc2ccccc2)cc1. The highest BCUT2D eigenvalue weighted by atomic mass is 16.5. The Balaban J connectivity index is 1.48. The van der Waals surface area contributed by atoms with Crippen molar-refractivity contribution in [2.75, 3.05) is 13.1 Å². The summed E-state index contributed by atoms with van der Waals surface area (Å²) < 4.78 is 5.80. The van der Waals surface area contributed by atoms with Crippen LogP contribution in [0.2, 0.25) is 0 Å². The first kappa shape index (κ1) is 17.5. The number of hydrogen-bond acceptors (Lipinski definition) is 3. The molecule has 0 radical (unpaired) electrons. The summed E-state index contributed by atoms with van der Waals surface area (Å²) >= 11 is 0. The smallest absolute Gasteiger partial charge is 0.220 e. The van der Waals surface area contributed by atoms with Gasteiger partial charge in [0.25, 0.3) is 0 Å². The van der Waals surface area contributed by atoms with Crippen LogP contribution < -0.4 is 15.4 Å². The minimum Gasteiger partial charge on any atom is -0.457 e. The van der Waals surface area contributed by atoms with Crippen LogP contribution in [-0.4, -0.2) is 19.0 Å². The molecule has 4 nitrogen and oxygen atoms in total. The second kappa shape index (κ2) is 8.67. The van der Waals surface area contributed by atoms with E-state index in [0.717, 1.165) is 36.6 Å². The zero-order valence-electron chi connectivity index (χ0n) is 14.7. The standard InChI is InChI=1S/C21H26N2O2/c1-16(23-21(24)12-7-17-13-14-22-15-17)18-8-10-20(11-9-18)25-19-5-3-2-4-6-19/h2-6,8-11,16-17,22H,7,12-15H2,1H3,(H,23,24). The molecule has 2 unspecified atom stereocenters. The van der Waals surface area contributed by atoms with Gasteiger partial charge in [0.1, 0.15) is 11.5 Å². The summed E-state index contributed by atoms with van der Waals surface area (Å²) in [6.07, 6.45) is 2.76. The number of carbonyl (C=O) groups excluding carboxylic acids is 1. The maximum absolute atomic E-state index is 12.1. The van der Waals surface area contributed by atoms with Gasteiger partial charge in [-0.25, -0.2) is 0 Å². The highest BCUT2D eigenvalue weighted by Crippen LogP contribution is 2.23. The van der Waals surface area contributed by atoms with E-state index in [0.29, 0.717) is 12.3 Å². The Labute approximate surface area is 149 Å². The summed E-state index contributed by atoms with van der Waals surface area (Å²) in [5, 5.41) is 6.43. The van der Waals surface area contributed by atoms with Crippen molar-refractivity contribution in [2.45, 2.75) is 32.2 Å². The van der Waals surface area contributed by atoms with Gasteiger partial charge in [-0.1, -0.05) is 30.3 Å². The molecule has 1 amide bonds. The van der Waals surface area contributed by atoms with Crippen LogP contribution in [0.1, 0.15) is 37.8 Å². The molecule has 4 heteroatoms. The number of nitrogens with one attached hydrogen (secondary N) is 2.